The number of carbonyl (C=O) groups excluding carboxylic acids is 2. The Morgan fingerprint density at radius 1 is 1.06 bits per heavy atom. The highest BCUT2D eigenvalue weighted by Gasteiger charge is 2.28. The Labute approximate surface area is 208 Å². The van der Waals surface area contributed by atoms with Gasteiger partial charge in [-0.05, 0) is 62.1 Å². The van der Waals surface area contributed by atoms with Crippen molar-refractivity contribution in [1.29, 1.82) is 0 Å². The summed E-state index contributed by atoms with van der Waals surface area (Å²) < 4.78 is 26.0. The first-order valence-electron chi connectivity index (χ1n) is 11.4. The predicted octanol–water partition coefficient (Wildman–Crippen LogP) is 4.14. The van der Waals surface area contributed by atoms with E-state index in [9.17, 15) is 18.0 Å². The average Bonchev–Trinajstić information content (AvgIpc) is 2.78. The highest BCUT2D eigenvalue weighted by molar-refractivity contribution is 7.92. The van der Waals surface area contributed by atoms with Crippen LogP contribution >= 0.6 is 11.6 Å². The van der Waals surface area contributed by atoms with E-state index in [-0.39, 0.29) is 24.8 Å². The molecule has 0 aliphatic rings. The van der Waals surface area contributed by atoms with Crippen LogP contribution in [0.5, 0.6) is 0 Å². The second-order valence-corrected chi connectivity index (χ2v) is 10.5. The van der Waals surface area contributed by atoms with Gasteiger partial charge in [-0.25, -0.2) is 8.42 Å². The molecule has 186 valence electrons. The Balaban J connectivity index is 2.20. The minimum atomic E-state index is -3.54. The summed E-state index contributed by atoms with van der Waals surface area (Å²) in [5, 5.41) is 3.33. The van der Waals surface area contributed by atoms with Gasteiger partial charge in [0.15, 0.2) is 0 Å². The Morgan fingerprint density at radius 2 is 1.71 bits per heavy atom. The van der Waals surface area contributed by atoms with Crippen molar-refractivity contribution in [2.75, 3.05) is 23.7 Å². The number of aryl methyl sites for hydroxylation is 1. The molecule has 0 saturated heterocycles. The van der Waals surface area contributed by atoms with Crippen LogP contribution in [-0.4, -0.2) is 50.5 Å². The average molecular weight is 508 g/mol. The van der Waals surface area contributed by atoms with E-state index in [1.807, 2.05) is 45.0 Å². The lowest BCUT2D eigenvalue weighted by Gasteiger charge is -2.31. The highest BCUT2D eigenvalue weighted by Crippen LogP contribution is 2.22. The van der Waals surface area contributed by atoms with Gasteiger partial charge < -0.3 is 10.2 Å². The molecule has 2 rings (SSSR count). The first-order chi connectivity index (χ1) is 16.1. The quantitative estimate of drug-likeness (QED) is 0.467. The summed E-state index contributed by atoms with van der Waals surface area (Å²) in [5.74, 6) is -0.378. The smallest absolute Gasteiger partial charge is 0.242 e. The van der Waals surface area contributed by atoms with Crippen LogP contribution in [0.2, 0.25) is 5.02 Å². The maximum Gasteiger partial charge on any atom is 0.242 e. The van der Waals surface area contributed by atoms with Crippen molar-refractivity contribution in [1.82, 2.24) is 10.2 Å². The van der Waals surface area contributed by atoms with E-state index in [0.717, 1.165) is 17.4 Å². The predicted molar refractivity (Wildman–Crippen MR) is 137 cm³/mol. The van der Waals surface area contributed by atoms with E-state index in [4.69, 9.17) is 11.6 Å². The molecule has 34 heavy (non-hydrogen) atoms. The van der Waals surface area contributed by atoms with Gasteiger partial charge in [0.05, 0.1) is 11.9 Å². The number of anilines is 1. The number of likely N-dealkylation sites (N-methyl/N-ethyl adjacent to an activating group) is 1. The Bertz CT molecular complexity index is 1070. The van der Waals surface area contributed by atoms with Gasteiger partial charge in [-0.3, -0.25) is 13.9 Å². The third-order valence-corrected chi connectivity index (χ3v) is 7.05. The minimum absolute atomic E-state index is 0.112. The molecule has 2 aromatic carbocycles. The number of hydrogen-bond acceptors (Lipinski definition) is 4. The molecule has 0 aliphatic heterocycles. The molecule has 1 atom stereocenters. The molecule has 0 heterocycles. The lowest BCUT2D eigenvalue weighted by atomic mass is 10.1. The Morgan fingerprint density at radius 3 is 2.26 bits per heavy atom. The van der Waals surface area contributed by atoms with E-state index in [1.165, 1.54) is 4.31 Å². The molecule has 2 amide bonds. The second-order valence-electron chi connectivity index (χ2n) is 8.18. The molecule has 1 N–H and O–H groups in total. The number of rotatable bonds is 12. The van der Waals surface area contributed by atoms with Gasteiger partial charge in [-0.15, -0.1) is 0 Å². The zero-order valence-corrected chi connectivity index (χ0v) is 21.8. The van der Waals surface area contributed by atoms with Crippen LogP contribution in [-0.2, 0) is 26.2 Å². The summed E-state index contributed by atoms with van der Waals surface area (Å²) in [6.45, 7) is 6.63. The van der Waals surface area contributed by atoms with Crippen molar-refractivity contribution >= 4 is 39.1 Å². The highest BCUT2D eigenvalue weighted by atomic mass is 35.5. The molecule has 9 heteroatoms. The third kappa shape index (κ3) is 7.74. The van der Waals surface area contributed by atoms with Gasteiger partial charge in [0.1, 0.15) is 6.04 Å². The summed E-state index contributed by atoms with van der Waals surface area (Å²) >= 11 is 5.93. The zero-order valence-electron chi connectivity index (χ0n) is 20.3. The van der Waals surface area contributed by atoms with Crippen LogP contribution in [0.1, 0.15) is 44.2 Å². The van der Waals surface area contributed by atoms with Crippen molar-refractivity contribution in [2.24, 2.45) is 0 Å². The number of hydrogen-bond donors (Lipinski definition) is 1. The van der Waals surface area contributed by atoms with Gasteiger partial charge in [-0.1, -0.05) is 42.8 Å². The fourth-order valence-electron chi connectivity index (χ4n) is 3.79. The molecule has 0 bridgehead atoms. The summed E-state index contributed by atoms with van der Waals surface area (Å²) in [6.07, 6.45) is 2.03. The molecular weight excluding hydrogens is 474 g/mol. The van der Waals surface area contributed by atoms with Gasteiger partial charge in [-0.2, -0.15) is 0 Å². The van der Waals surface area contributed by atoms with Crippen LogP contribution in [0.25, 0.3) is 0 Å². The van der Waals surface area contributed by atoms with Crippen LogP contribution in [0.3, 0.4) is 0 Å². The zero-order chi connectivity index (χ0) is 25.3. The van der Waals surface area contributed by atoms with Gasteiger partial charge in [0.2, 0.25) is 21.8 Å². The Kier molecular flexibility index (Phi) is 10.4. The van der Waals surface area contributed by atoms with Crippen molar-refractivity contribution < 1.29 is 18.0 Å². The van der Waals surface area contributed by atoms with Gasteiger partial charge >= 0.3 is 0 Å². The SMILES string of the molecule is CCNC(=O)[C@H](CC)N(Cc1ccccc1C)C(=O)CCCN(c1ccc(Cl)cc1)S(C)(=O)=O. The first kappa shape index (κ1) is 27.7. The van der Waals surface area contributed by atoms with Gasteiger partial charge in [0, 0.05) is 31.1 Å². The number of nitrogens with zero attached hydrogens (tertiary/aromatic N) is 2. The summed E-state index contributed by atoms with van der Waals surface area (Å²) in [5.41, 5.74) is 2.50. The molecule has 0 fully saturated rings. The van der Waals surface area contributed by atoms with Crippen LogP contribution in [0, 0.1) is 6.92 Å². The van der Waals surface area contributed by atoms with Crippen LogP contribution in [0.15, 0.2) is 48.5 Å². The summed E-state index contributed by atoms with van der Waals surface area (Å²) in [6, 6.07) is 13.7. The summed E-state index contributed by atoms with van der Waals surface area (Å²) in [4.78, 5) is 27.7. The van der Waals surface area contributed by atoms with Crippen LogP contribution < -0.4 is 9.62 Å². The molecular formula is C25H34ClN3O4S. The molecule has 2 aromatic rings. The van der Waals surface area contributed by atoms with E-state index in [2.05, 4.69) is 5.32 Å². The second kappa shape index (κ2) is 12.8. The lowest BCUT2D eigenvalue weighted by Crippen LogP contribution is -2.49. The fourth-order valence-corrected chi connectivity index (χ4v) is 4.89. The molecule has 0 unspecified atom stereocenters. The molecule has 0 radical (unpaired) electrons. The normalized spacial score (nSPS) is 12.1. The van der Waals surface area contributed by atoms with E-state index >= 15 is 0 Å². The Hall–Kier alpha value is -2.58. The monoisotopic (exact) mass is 507 g/mol. The van der Waals surface area contributed by atoms with E-state index in [0.29, 0.717) is 36.6 Å². The van der Waals surface area contributed by atoms with Crippen molar-refractivity contribution in [3.8, 4) is 0 Å². The van der Waals surface area contributed by atoms with Crippen molar-refractivity contribution in [3.63, 3.8) is 0 Å². The number of carbonyl (C=O) groups is 2. The standard InChI is InChI=1S/C25H34ClN3O4S/c1-5-23(25(31)27-6-2)28(18-20-11-8-7-10-19(20)3)24(30)12-9-17-29(34(4,32)33)22-15-13-21(26)14-16-22/h7-8,10-11,13-16,23H,5-6,9,12,17-18H2,1-4H3,(H,27,31)/t23-/m0/s1. The topological polar surface area (TPSA) is 86.8 Å². The van der Waals surface area contributed by atoms with Gasteiger partial charge in [0.25, 0.3) is 0 Å². The summed E-state index contributed by atoms with van der Waals surface area (Å²) in [7, 11) is -3.54. The largest absolute Gasteiger partial charge is 0.355 e. The molecule has 0 saturated carbocycles. The number of nitrogens with one attached hydrogen (secondary N) is 1. The molecule has 7 nitrogen and oxygen atoms in total. The molecule has 0 aromatic heterocycles. The number of benzene rings is 2. The van der Waals surface area contributed by atoms with Crippen molar-refractivity contribution in [3.05, 3.63) is 64.7 Å². The minimum Gasteiger partial charge on any atom is -0.355 e. The number of amides is 2. The molecule has 0 aliphatic carbocycles. The fraction of sp³-hybridized carbons (Fsp3) is 0.440. The number of sulfonamides is 1. The third-order valence-electron chi connectivity index (χ3n) is 5.61. The lowest BCUT2D eigenvalue weighted by molar-refractivity contribution is -0.141. The number of halogens is 1. The molecule has 0 spiro atoms. The van der Waals surface area contributed by atoms with Crippen molar-refractivity contribution in [2.45, 2.75) is 52.6 Å². The maximum atomic E-state index is 13.3. The van der Waals surface area contributed by atoms with E-state index in [1.54, 1.807) is 29.2 Å². The van der Waals surface area contributed by atoms with E-state index < -0.39 is 16.1 Å². The first-order valence-corrected chi connectivity index (χ1v) is 13.7. The van der Waals surface area contributed by atoms with Crippen LogP contribution in [0.4, 0.5) is 5.69 Å². The maximum absolute atomic E-state index is 13.3.